The number of esters is 2. The topological polar surface area (TPSA) is 108 Å². The third-order valence-corrected chi connectivity index (χ3v) is 10.1. The minimum atomic E-state index is -4.37. The van der Waals surface area contributed by atoms with Crippen molar-refractivity contribution in [3.63, 3.8) is 0 Å². The summed E-state index contributed by atoms with van der Waals surface area (Å²) in [4.78, 5) is 35.0. The number of quaternary nitrogens is 1. The molecule has 0 saturated heterocycles. The second-order valence-electron chi connectivity index (χ2n) is 16.1. The molecule has 0 aliphatic carbocycles. The number of allylic oxidation sites excluding steroid dienone is 16. The second-order valence-corrected chi connectivity index (χ2v) is 17.5. The smallest absolute Gasteiger partial charge is 0.462 e. The summed E-state index contributed by atoms with van der Waals surface area (Å²) in [6.07, 6.45) is 55.1. The average Bonchev–Trinajstić information content (AvgIpc) is 3.20. The fourth-order valence-corrected chi connectivity index (χ4v) is 6.30. The zero-order valence-electron chi connectivity index (χ0n) is 38.4. The van der Waals surface area contributed by atoms with E-state index in [9.17, 15) is 19.0 Å². The molecule has 0 saturated carbocycles. The minimum Gasteiger partial charge on any atom is -0.462 e. The van der Waals surface area contributed by atoms with E-state index in [0.29, 0.717) is 17.4 Å². The number of carbonyl (C=O) groups is 2. The minimum absolute atomic E-state index is 0.0237. The number of likely N-dealkylation sites (N-methyl/N-ethyl adjacent to an activating group) is 1. The fourth-order valence-electron chi connectivity index (χ4n) is 5.56. The molecule has 0 rings (SSSR count). The van der Waals surface area contributed by atoms with Gasteiger partial charge in [0.25, 0.3) is 0 Å². The first-order valence-electron chi connectivity index (χ1n) is 23.0. The van der Waals surface area contributed by atoms with E-state index in [0.717, 1.165) is 122 Å². The van der Waals surface area contributed by atoms with Crippen LogP contribution in [0.15, 0.2) is 97.2 Å². The van der Waals surface area contributed by atoms with Gasteiger partial charge in [-0.25, -0.2) is 4.57 Å². The zero-order valence-corrected chi connectivity index (χ0v) is 39.3. The van der Waals surface area contributed by atoms with E-state index in [4.69, 9.17) is 18.5 Å². The predicted octanol–water partition coefficient (Wildman–Crippen LogP) is 13.4. The highest BCUT2D eigenvalue weighted by Crippen LogP contribution is 2.43. The van der Waals surface area contributed by atoms with Crippen LogP contribution >= 0.6 is 7.82 Å². The molecule has 9 nitrogen and oxygen atoms in total. The van der Waals surface area contributed by atoms with Crippen LogP contribution in [0.5, 0.6) is 0 Å². The number of carbonyl (C=O) groups excluding carboxylic acids is 2. The molecule has 0 amide bonds. The third-order valence-electron chi connectivity index (χ3n) is 9.13. The van der Waals surface area contributed by atoms with Crippen LogP contribution in [0.25, 0.3) is 0 Å². The van der Waals surface area contributed by atoms with Crippen molar-refractivity contribution in [3.05, 3.63) is 97.2 Å². The van der Waals surface area contributed by atoms with E-state index in [-0.39, 0.29) is 32.0 Å². The Balaban J connectivity index is 4.13. The van der Waals surface area contributed by atoms with Gasteiger partial charge < -0.3 is 18.9 Å². The van der Waals surface area contributed by atoms with E-state index < -0.39 is 26.5 Å². The molecule has 0 aromatic heterocycles. The van der Waals surface area contributed by atoms with Gasteiger partial charge in [-0.15, -0.1) is 0 Å². The number of rotatable bonds is 40. The lowest BCUT2D eigenvalue weighted by Gasteiger charge is -2.24. The highest BCUT2D eigenvalue weighted by Gasteiger charge is 2.27. The van der Waals surface area contributed by atoms with Crippen LogP contribution in [0, 0.1) is 0 Å². The van der Waals surface area contributed by atoms with Crippen molar-refractivity contribution in [1.29, 1.82) is 0 Å². The second kappa shape index (κ2) is 41.3. The summed E-state index contributed by atoms with van der Waals surface area (Å²) in [6.45, 7) is 4.16. The standard InChI is InChI=1S/C50H84NO8P/c1-6-8-10-12-13-14-15-16-17-18-19-20-21-22-23-24-25-26-27-28-29-30-31-32-33-34-35-36-37-39-41-43-50(53)59-48(46-56-49(52)42-40-38-11-9-7-2)47-58-60(54,55)57-45-44-51(3,4)5/h8,10,13-14,16-17,19-20,22-23,25-26,28-29,31-32,48H,6-7,9,11-12,15,18,21,24,27,30,33-47H2,1-5H3/p+1/b10-8-,14-13-,17-16-,20-19-,23-22-,26-25-,29-28-,32-31-. The van der Waals surface area contributed by atoms with Crippen LogP contribution in [-0.2, 0) is 32.7 Å². The number of phosphoric acid groups is 1. The first-order chi connectivity index (χ1) is 29.0. The average molecular weight is 859 g/mol. The summed E-state index contributed by atoms with van der Waals surface area (Å²) in [5.74, 6) is -0.839. The van der Waals surface area contributed by atoms with Gasteiger partial charge in [0, 0.05) is 12.8 Å². The number of ether oxygens (including phenoxy) is 2. The van der Waals surface area contributed by atoms with Crippen molar-refractivity contribution in [3.8, 4) is 0 Å². The predicted molar refractivity (Wildman–Crippen MR) is 252 cm³/mol. The number of nitrogens with zero attached hydrogens (tertiary/aromatic N) is 1. The van der Waals surface area contributed by atoms with Gasteiger partial charge in [0.2, 0.25) is 0 Å². The zero-order chi connectivity index (χ0) is 44.3. The molecule has 2 unspecified atom stereocenters. The lowest BCUT2D eigenvalue weighted by atomic mass is 10.1. The van der Waals surface area contributed by atoms with Crippen LogP contribution in [0.4, 0.5) is 0 Å². The molecule has 0 radical (unpaired) electrons. The van der Waals surface area contributed by atoms with Crippen LogP contribution in [-0.4, -0.2) is 74.9 Å². The van der Waals surface area contributed by atoms with Crippen molar-refractivity contribution in [2.24, 2.45) is 0 Å². The maximum absolute atomic E-state index is 12.6. The number of phosphoric ester groups is 1. The first kappa shape index (κ1) is 56.9. The molecular formula is C50H85NO8P+. The van der Waals surface area contributed by atoms with Crippen LogP contribution < -0.4 is 0 Å². The van der Waals surface area contributed by atoms with Gasteiger partial charge in [-0.2, -0.15) is 0 Å². The number of hydrogen-bond acceptors (Lipinski definition) is 7. The van der Waals surface area contributed by atoms with E-state index >= 15 is 0 Å². The lowest BCUT2D eigenvalue weighted by Crippen LogP contribution is -2.37. The Morgan fingerprint density at radius 1 is 0.533 bits per heavy atom. The van der Waals surface area contributed by atoms with E-state index in [1.807, 2.05) is 21.1 Å². The van der Waals surface area contributed by atoms with Gasteiger partial charge in [-0.3, -0.25) is 18.6 Å². The Bertz CT molecular complexity index is 1340. The molecule has 1 N–H and O–H groups in total. The van der Waals surface area contributed by atoms with Crippen LogP contribution in [0.3, 0.4) is 0 Å². The summed E-state index contributed by atoms with van der Waals surface area (Å²) in [5, 5.41) is 0. The molecule has 60 heavy (non-hydrogen) atoms. The van der Waals surface area contributed by atoms with Crippen molar-refractivity contribution >= 4 is 19.8 Å². The Kier molecular flexibility index (Phi) is 39.2. The van der Waals surface area contributed by atoms with Crippen molar-refractivity contribution in [2.75, 3.05) is 47.5 Å². The Hall–Kier alpha value is -3.07. The first-order valence-corrected chi connectivity index (χ1v) is 24.5. The lowest BCUT2D eigenvalue weighted by molar-refractivity contribution is -0.870. The molecule has 0 aromatic carbocycles. The van der Waals surface area contributed by atoms with E-state index in [1.54, 1.807) is 0 Å². The summed E-state index contributed by atoms with van der Waals surface area (Å²) in [5.41, 5.74) is 0. The Morgan fingerprint density at radius 3 is 1.42 bits per heavy atom. The van der Waals surface area contributed by atoms with Crippen LogP contribution in [0.1, 0.15) is 155 Å². The van der Waals surface area contributed by atoms with Gasteiger partial charge in [-0.05, 0) is 77.0 Å². The summed E-state index contributed by atoms with van der Waals surface area (Å²) < 4.78 is 34.0. The monoisotopic (exact) mass is 859 g/mol. The molecule has 2 atom stereocenters. The molecule has 0 heterocycles. The summed E-state index contributed by atoms with van der Waals surface area (Å²) in [6, 6.07) is 0. The van der Waals surface area contributed by atoms with E-state index in [2.05, 4.69) is 111 Å². The quantitative estimate of drug-likeness (QED) is 0.0213. The molecule has 342 valence electrons. The van der Waals surface area contributed by atoms with Gasteiger partial charge in [0.1, 0.15) is 19.8 Å². The molecule has 0 spiro atoms. The molecule has 0 fully saturated rings. The molecular weight excluding hydrogens is 774 g/mol. The van der Waals surface area contributed by atoms with Crippen LogP contribution in [0.2, 0.25) is 0 Å². The normalized spacial score (nSPS) is 14.4. The Labute approximate surface area is 366 Å². The maximum Gasteiger partial charge on any atom is 0.472 e. The maximum atomic E-state index is 12.6. The summed E-state index contributed by atoms with van der Waals surface area (Å²) in [7, 11) is 1.45. The number of unbranched alkanes of at least 4 members (excludes halogenated alkanes) is 10. The molecule has 0 bridgehead atoms. The van der Waals surface area contributed by atoms with Gasteiger partial charge in [0.05, 0.1) is 27.7 Å². The molecule has 10 heteroatoms. The Morgan fingerprint density at radius 2 is 0.950 bits per heavy atom. The van der Waals surface area contributed by atoms with Crippen molar-refractivity contribution in [1.82, 2.24) is 0 Å². The van der Waals surface area contributed by atoms with E-state index in [1.165, 1.54) is 0 Å². The number of hydrogen-bond donors (Lipinski definition) is 1. The largest absolute Gasteiger partial charge is 0.472 e. The van der Waals surface area contributed by atoms with Gasteiger partial charge in [0.15, 0.2) is 6.10 Å². The fraction of sp³-hybridized carbons (Fsp3) is 0.640. The summed E-state index contributed by atoms with van der Waals surface area (Å²) >= 11 is 0. The van der Waals surface area contributed by atoms with Gasteiger partial charge >= 0.3 is 19.8 Å². The molecule has 0 aliphatic heterocycles. The third kappa shape index (κ3) is 44.5. The molecule has 0 aliphatic rings. The SMILES string of the molecule is CC/C=C\C/C=C\C/C=C\C/C=C\C/C=C\C/C=C\C/C=C\C/C=C\CCCCCCCCC(=O)OC(COC(=O)CCCCCCC)COP(=O)(O)OCC[N+](C)(C)C. The molecule has 0 aromatic rings. The highest BCUT2D eigenvalue weighted by molar-refractivity contribution is 7.47. The van der Waals surface area contributed by atoms with Crippen molar-refractivity contribution in [2.45, 2.75) is 161 Å². The highest BCUT2D eigenvalue weighted by atomic mass is 31.2. The van der Waals surface area contributed by atoms with Gasteiger partial charge in [-0.1, -0.05) is 162 Å². The van der Waals surface area contributed by atoms with Crippen molar-refractivity contribution < 1.29 is 42.1 Å².